The van der Waals surface area contributed by atoms with Crippen molar-refractivity contribution in [3.63, 3.8) is 0 Å². The first-order valence-electron chi connectivity index (χ1n) is 8.76. The van der Waals surface area contributed by atoms with Crippen LogP contribution >= 0.6 is 11.6 Å². The standard InChI is InChI=1S/C22H23ClO3/c1-13(2)19-12-20(15-8-10-18(23)11-9-15)14(3)26-21(19)16-4-6-17(7-5-16)22(24)25/h4-11,14,19-21H,1,12H2,2-3H3,(H,24,25)/t14-,19+,20-,21+/m0/s1. The van der Waals surface area contributed by atoms with E-state index in [1.807, 2.05) is 31.2 Å². The number of benzene rings is 2. The molecule has 2 aromatic carbocycles. The summed E-state index contributed by atoms with van der Waals surface area (Å²) >= 11 is 6.02. The average Bonchev–Trinajstić information content (AvgIpc) is 2.62. The van der Waals surface area contributed by atoms with Gasteiger partial charge in [0.25, 0.3) is 0 Å². The Morgan fingerprint density at radius 2 is 1.69 bits per heavy atom. The van der Waals surface area contributed by atoms with Gasteiger partial charge in [-0.15, -0.1) is 0 Å². The molecule has 1 heterocycles. The van der Waals surface area contributed by atoms with Gasteiger partial charge in [-0.3, -0.25) is 0 Å². The van der Waals surface area contributed by atoms with Crippen molar-refractivity contribution in [3.05, 3.63) is 82.4 Å². The van der Waals surface area contributed by atoms with E-state index in [-0.39, 0.29) is 29.6 Å². The van der Waals surface area contributed by atoms with Crippen LogP contribution < -0.4 is 0 Å². The smallest absolute Gasteiger partial charge is 0.335 e. The normalized spacial score (nSPS) is 25.7. The predicted octanol–water partition coefficient (Wildman–Crippen LogP) is 5.86. The molecule has 1 fully saturated rings. The van der Waals surface area contributed by atoms with Gasteiger partial charge in [0.15, 0.2) is 0 Å². The molecule has 26 heavy (non-hydrogen) atoms. The highest BCUT2D eigenvalue weighted by Gasteiger charge is 2.37. The predicted molar refractivity (Wildman–Crippen MR) is 104 cm³/mol. The maximum atomic E-state index is 11.1. The molecule has 0 unspecified atom stereocenters. The zero-order valence-corrected chi connectivity index (χ0v) is 15.7. The van der Waals surface area contributed by atoms with E-state index in [0.717, 1.165) is 22.6 Å². The van der Waals surface area contributed by atoms with Crippen molar-refractivity contribution in [1.29, 1.82) is 0 Å². The van der Waals surface area contributed by atoms with Crippen molar-refractivity contribution >= 4 is 17.6 Å². The van der Waals surface area contributed by atoms with Gasteiger partial charge in [-0.2, -0.15) is 0 Å². The fourth-order valence-corrected chi connectivity index (χ4v) is 3.84. The molecule has 0 radical (unpaired) electrons. The molecule has 3 nitrogen and oxygen atoms in total. The first-order chi connectivity index (χ1) is 12.4. The second kappa shape index (κ2) is 7.65. The van der Waals surface area contributed by atoms with Crippen molar-refractivity contribution < 1.29 is 14.6 Å². The van der Waals surface area contributed by atoms with Crippen molar-refractivity contribution in [1.82, 2.24) is 0 Å². The number of rotatable bonds is 4. The number of carboxylic acid groups (broad SMARTS) is 1. The maximum absolute atomic E-state index is 11.1. The van der Waals surface area contributed by atoms with Crippen molar-refractivity contribution in [2.24, 2.45) is 5.92 Å². The van der Waals surface area contributed by atoms with Gasteiger partial charge in [0, 0.05) is 16.9 Å². The van der Waals surface area contributed by atoms with E-state index in [1.54, 1.807) is 12.1 Å². The second-order valence-corrected chi connectivity index (χ2v) is 7.47. The molecule has 0 aliphatic carbocycles. The molecule has 136 valence electrons. The lowest BCUT2D eigenvalue weighted by molar-refractivity contribution is -0.0803. The molecule has 3 rings (SSSR count). The Morgan fingerprint density at radius 1 is 1.12 bits per heavy atom. The third-order valence-electron chi connectivity index (χ3n) is 5.22. The average molecular weight is 371 g/mol. The Morgan fingerprint density at radius 3 is 2.23 bits per heavy atom. The molecule has 1 saturated heterocycles. The van der Waals surface area contributed by atoms with Crippen LogP contribution in [0, 0.1) is 5.92 Å². The van der Waals surface area contributed by atoms with Crippen LogP contribution in [-0.4, -0.2) is 17.2 Å². The van der Waals surface area contributed by atoms with E-state index in [4.69, 9.17) is 21.4 Å². The van der Waals surface area contributed by atoms with Crippen LogP contribution in [-0.2, 0) is 4.74 Å². The third-order valence-corrected chi connectivity index (χ3v) is 5.47. The summed E-state index contributed by atoms with van der Waals surface area (Å²) in [6, 6.07) is 14.9. The lowest BCUT2D eigenvalue weighted by Gasteiger charge is -2.41. The van der Waals surface area contributed by atoms with Crippen molar-refractivity contribution in [2.45, 2.75) is 38.4 Å². The Hall–Kier alpha value is -2.10. The third kappa shape index (κ3) is 3.84. The van der Waals surface area contributed by atoms with Crippen LogP contribution in [0.3, 0.4) is 0 Å². The minimum absolute atomic E-state index is 0.0379. The van der Waals surface area contributed by atoms with Crippen molar-refractivity contribution in [2.75, 3.05) is 0 Å². The van der Waals surface area contributed by atoms with Gasteiger partial charge in [0.1, 0.15) is 0 Å². The fraction of sp³-hybridized carbons (Fsp3) is 0.318. The number of carboxylic acids is 1. The zero-order chi connectivity index (χ0) is 18.8. The summed E-state index contributed by atoms with van der Waals surface area (Å²) in [5.74, 6) is -0.486. The Bertz CT molecular complexity index is 795. The number of hydrogen-bond donors (Lipinski definition) is 1. The molecule has 1 N–H and O–H groups in total. The molecular weight excluding hydrogens is 348 g/mol. The van der Waals surface area contributed by atoms with Gasteiger partial charge < -0.3 is 9.84 Å². The molecule has 0 bridgehead atoms. The van der Waals surface area contributed by atoms with Gasteiger partial charge in [0.05, 0.1) is 17.8 Å². The minimum Gasteiger partial charge on any atom is -0.478 e. The van der Waals surface area contributed by atoms with Crippen LogP contribution in [0.2, 0.25) is 5.02 Å². The quantitative estimate of drug-likeness (QED) is 0.685. The SMILES string of the molecule is C=C(C)[C@H]1C[C@H](c2ccc(Cl)cc2)[C@H](C)O[C@@H]1c1ccc(C(=O)O)cc1. The summed E-state index contributed by atoms with van der Waals surface area (Å²) in [7, 11) is 0. The van der Waals surface area contributed by atoms with E-state index in [1.165, 1.54) is 5.56 Å². The number of ether oxygens (including phenoxy) is 1. The molecular formula is C22H23ClO3. The van der Waals surface area contributed by atoms with E-state index in [0.29, 0.717) is 0 Å². The van der Waals surface area contributed by atoms with Crippen LogP contribution in [0.25, 0.3) is 0 Å². The molecule has 4 atom stereocenters. The lowest BCUT2D eigenvalue weighted by atomic mass is 9.76. The zero-order valence-electron chi connectivity index (χ0n) is 15.0. The van der Waals surface area contributed by atoms with Gasteiger partial charge in [0.2, 0.25) is 0 Å². The summed E-state index contributed by atoms with van der Waals surface area (Å²) < 4.78 is 6.40. The van der Waals surface area contributed by atoms with E-state index in [9.17, 15) is 4.79 Å². The first-order valence-corrected chi connectivity index (χ1v) is 9.14. The first kappa shape index (κ1) is 18.7. The highest BCUT2D eigenvalue weighted by molar-refractivity contribution is 6.30. The summed E-state index contributed by atoms with van der Waals surface area (Å²) in [5, 5.41) is 9.82. The summed E-state index contributed by atoms with van der Waals surface area (Å²) in [5.41, 5.74) is 3.56. The second-order valence-electron chi connectivity index (χ2n) is 7.04. The van der Waals surface area contributed by atoms with E-state index >= 15 is 0 Å². The van der Waals surface area contributed by atoms with Crippen LogP contribution in [0.15, 0.2) is 60.7 Å². The van der Waals surface area contributed by atoms with Crippen LogP contribution in [0.1, 0.15) is 53.8 Å². The highest BCUT2D eigenvalue weighted by Crippen LogP contribution is 2.46. The Labute approximate surface area is 159 Å². The van der Waals surface area contributed by atoms with E-state index < -0.39 is 5.97 Å². The largest absolute Gasteiger partial charge is 0.478 e. The highest BCUT2D eigenvalue weighted by atomic mass is 35.5. The summed E-state index contributed by atoms with van der Waals surface area (Å²) in [6.07, 6.45) is 0.855. The lowest BCUT2D eigenvalue weighted by Crippen LogP contribution is -2.34. The maximum Gasteiger partial charge on any atom is 0.335 e. The molecule has 4 heteroatoms. The summed E-state index contributed by atoms with van der Waals surface area (Å²) in [4.78, 5) is 11.1. The Balaban J connectivity index is 1.87. The Kier molecular flexibility index (Phi) is 5.49. The molecule has 1 aliphatic heterocycles. The molecule has 1 aliphatic rings. The van der Waals surface area contributed by atoms with Gasteiger partial charge in [-0.25, -0.2) is 4.79 Å². The number of halogens is 1. The number of carbonyl (C=O) groups is 1. The van der Waals surface area contributed by atoms with Gasteiger partial charge in [-0.05, 0) is 55.7 Å². The summed E-state index contributed by atoms with van der Waals surface area (Å²) in [6.45, 7) is 8.29. The van der Waals surface area contributed by atoms with E-state index in [2.05, 4.69) is 25.6 Å². The molecule has 0 aromatic heterocycles. The topological polar surface area (TPSA) is 46.5 Å². The molecule has 0 amide bonds. The fourth-order valence-electron chi connectivity index (χ4n) is 3.71. The molecule has 2 aromatic rings. The van der Waals surface area contributed by atoms with Crippen molar-refractivity contribution in [3.8, 4) is 0 Å². The van der Waals surface area contributed by atoms with Crippen LogP contribution in [0.4, 0.5) is 0 Å². The number of hydrogen-bond acceptors (Lipinski definition) is 2. The van der Waals surface area contributed by atoms with Crippen LogP contribution in [0.5, 0.6) is 0 Å². The molecule has 0 saturated carbocycles. The minimum atomic E-state index is -0.922. The number of aromatic carboxylic acids is 1. The monoisotopic (exact) mass is 370 g/mol. The van der Waals surface area contributed by atoms with Gasteiger partial charge >= 0.3 is 5.97 Å². The van der Waals surface area contributed by atoms with Gasteiger partial charge in [-0.1, -0.05) is 48.0 Å². The molecule has 0 spiro atoms.